The highest BCUT2D eigenvalue weighted by atomic mass is 79.9. The van der Waals surface area contributed by atoms with Crippen molar-refractivity contribution in [3.63, 3.8) is 0 Å². The van der Waals surface area contributed by atoms with Crippen LogP contribution in [0.1, 0.15) is 17.4 Å². The van der Waals surface area contributed by atoms with Crippen LogP contribution in [0.3, 0.4) is 0 Å². The number of hydrogen-bond donors (Lipinski definition) is 0. The number of benzene rings is 1. The number of aromatic nitrogens is 1. The van der Waals surface area contributed by atoms with Crippen molar-refractivity contribution in [1.29, 1.82) is 0 Å². The molecule has 5 nitrogen and oxygen atoms in total. The molecule has 1 aromatic carbocycles. The normalized spacial score (nSPS) is 10.3. The van der Waals surface area contributed by atoms with E-state index in [-0.39, 0.29) is 5.69 Å². The Labute approximate surface area is 118 Å². The second kappa shape index (κ2) is 5.88. The Morgan fingerprint density at radius 2 is 2.26 bits per heavy atom. The van der Waals surface area contributed by atoms with Gasteiger partial charge in [-0.15, -0.1) is 0 Å². The summed E-state index contributed by atoms with van der Waals surface area (Å²) in [5.41, 5.74) is 0.846. The van der Waals surface area contributed by atoms with Gasteiger partial charge in [0.2, 0.25) is 0 Å². The van der Waals surface area contributed by atoms with Crippen LogP contribution in [0.15, 0.2) is 33.3 Å². The number of nitrogens with zero attached hydrogens (tertiary/aromatic N) is 1. The molecule has 0 N–H and O–H groups in total. The Hall–Kier alpha value is -1.82. The van der Waals surface area contributed by atoms with Gasteiger partial charge in [0.25, 0.3) is 0 Å². The first kappa shape index (κ1) is 13.6. The van der Waals surface area contributed by atoms with E-state index in [1.807, 2.05) is 18.2 Å². The molecule has 0 saturated carbocycles. The summed E-state index contributed by atoms with van der Waals surface area (Å²) in [6.45, 7) is 2.03. The molecule has 100 valence electrons. The van der Waals surface area contributed by atoms with Gasteiger partial charge in [-0.2, -0.15) is 0 Å². The summed E-state index contributed by atoms with van der Waals surface area (Å²) in [5, 5.41) is 3.70. The Balaban J connectivity index is 2.38. The van der Waals surface area contributed by atoms with Crippen LogP contribution >= 0.6 is 15.9 Å². The maximum atomic E-state index is 11.5. The molecule has 19 heavy (non-hydrogen) atoms. The average molecular weight is 326 g/mol. The minimum absolute atomic E-state index is 0.138. The third-order valence-electron chi connectivity index (χ3n) is 2.43. The largest absolute Gasteiger partial charge is 0.495 e. The molecular formula is C13H12BrNO4. The predicted octanol–water partition coefficient (Wildman–Crippen LogP) is 3.29. The summed E-state index contributed by atoms with van der Waals surface area (Å²) >= 11 is 3.39. The first-order valence-electron chi connectivity index (χ1n) is 5.64. The summed E-state index contributed by atoms with van der Waals surface area (Å²) in [4.78, 5) is 11.5. The zero-order valence-electron chi connectivity index (χ0n) is 10.5. The standard InChI is InChI=1S/C13H12BrNO4/c1-3-18-13(16)10-7-11(19-15-10)8-5-4-6-9(14)12(8)17-2/h4-7H,3H2,1-2H3. The molecule has 0 aliphatic rings. The van der Waals surface area contributed by atoms with Crippen molar-refractivity contribution in [2.24, 2.45) is 0 Å². The topological polar surface area (TPSA) is 61.6 Å². The number of methoxy groups -OCH3 is 1. The smallest absolute Gasteiger partial charge is 0.360 e. The second-order valence-electron chi connectivity index (χ2n) is 3.62. The SMILES string of the molecule is CCOC(=O)c1cc(-c2cccc(Br)c2OC)on1. The van der Waals surface area contributed by atoms with Gasteiger partial charge in [-0.1, -0.05) is 11.2 Å². The van der Waals surface area contributed by atoms with Gasteiger partial charge < -0.3 is 14.0 Å². The Morgan fingerprint density at radius 1 is 1.47 bits per heavy atom. The maximum absolute atomic E-state index is 11.5. The molecule has 0 bridgehead atoms. The lowest BCUT2D eigenvalue weighted by Gasteiger charge is -2.06. The van der Waals surface area contributed by atoms with Crippen LogP contribution in [0.2, 0.25) is 0 Å². The van der Waals surface area contributed by atoms with Crippen molar-refractivity contribution in [2.75, 3.05) is 13.7 Å². The fraction of sp³-hybridized carbons (Fsp3) is 0.231. The molecule has 0 unspecified atom stereocenters. The lowest BCUT2D eigenvalue weighted by atomic mass is 10.1. The highest BCUT2D eigenvalue weighted by Crippen LogP contribution is 2.36. The van der Waals surface area contributed by atoms with E-state index in [1.54, 1.807) is 14.0 Å². The van der Waals surface area contributed by atoms with Gasteiger partial charge in [-0.05, 0) is 35.0 Å². The van der Waals surface area contributed by atoms with E-state index in [9.17, 15) is 4.79 Å². The van der Waals surface area contributed by atoms with Gasteiger partial charge in [-0.25, -0.2) is 4.79 Å². The number of para-hydroxylation sites is 1. The van der Waals surface area contributed by atoms with Gasteiger partial charge in [0, 0.05) is 6.07 Å². The maximum Gasteiger partial charge on any atom is 0.360 e. The molecule has 0 radical (unpaired) electrons. The van der Waals surface area contributed by atoms with E-state index in [0.717, 1.165) is 4.47 Å². The molecule has 0 saturated heterocycles. The lowest BCUT2D eigenvalue weighted by molar-refractivity contribution is 0.0514. The molecule has 2 rings (SSSR count). The number of ether oxygens (including phenoxy) is 2. The summed E-state index contributed by atoms with van der Waals surface area (Å²) in [6.07, 6.45) is 0. The van der Waals surface area contributed by atoms with Crippen LogP contribution in [0, 0.1) is 0 Å². The third-order valence-corrected chi connectivity index (χ3v) is 3.06. The monoisotopic (exact) mass is 325 g/mol. The van der Waals surface area contributed by atoms with Crippen LogP contribution < -0.4 is 4.74 Å². The third kappa shape index (κ3) is 2.78. The average Bonchev–Trinajstić information content (AvgIpc) is 2.88. The van der Waals surface area contributed by atoms with Gasteiger partial charge in [0.05, 0.1) is 23.8 Å². The van der Waals surface area contributed by atoms with Crippen molar-refractivity contribution in [3.05, 3.63) is 34.4 Å². The minimum Gasteiger partial charge on any atom is -0.495 e. The van der Waals surface area contributed by atoms with Gasteiger partial charge in [-0.3, -0.25) is 0 Å². The number of halogens is 1. The van der Waals surface area contributed by atoms with Crippen LogP contribution in [-0.2, 0) is 4.74 Å². The minimum atomic E-state index is -0.508. The van der Waals surface area contributed by atoms with Crippen molar-refractivity contribution in [3.8, 4) is 17.1 Å². The first-order valence-corrected chi connectivity index (χ1v) is 6.43. The highest BCUT2D eigenvalue weighted by Gasteiger charge is 2.18. The number of hydrogen-bond acceptors (Lipinski definition) is 5. The molecule has 6 heteroatoms. The molecule has 0 spiro atoms. The molecule has 0 aliphatic heterocycles. The highest BCUT2D eigenvalue weighted by molar-refractivity contribution is 9.10. The molecule has 1 aromatic heterocycles. The van der Waals surface area contributed by atoms with E-state index in [1.165, 1.54) is 6.07 Å². The number of carbonyl (C=O) groups excluding carboxylic acids is 1. The zero-order chi connectivity index (χ0) is 13.8. The van der Waals surface area contributed by atoms with E-state index in [4.69, 9.17) is 14.0 Å². The number of carbonyl (C=O) groups is 1. The molecule has 0 aliphatic carbocycles. The van der Waals surface area contributed by atoms with Crippen LogP contribution in [0.4, 0.5) is 0 Å². The Morgan fingerprint density at radius 3 is 2.95 bits per heavy atom. The van der Waals surface area contributed by atoms with Crippen LogP contribution in [0.25, 0.3) is 11.3 Å². The summed E-state index contributed by atoms with van der Waals surface area (Å²) in [6, 6.07) is 7.04. The first-order chi connectivity index (χ1) is 9.17. The molecular weight excluding hydrogens is 314 g/mol. The summed E-state index contributed by atoms with van der Waals surface area (Å²) in [5.74, 6) is 0.557. The van der Waals surface area contributed by atoms with Gasteiger partial charge in [0.15, 0.2) is 11.5 Å². The van der Waals surface area contributed by atoms with Gasteiger partial charge in [0.1, 0.15) is 5.75 Å². The van der Waals surface area contributed by atoms with Crippen LogP contribution in [0.5, 0.6) is 5.75 Å². The van der Waals surface area contributed by atoms with E-state index in [0.29, 0.717) is 23.7 Å². The van der Waals surface area contributed by atoms with E-state index < -0.39 is 5.97 Å². The van der Waals surface area contributed by atoms with Crippen molar-refractivity contribution < 1.29 is 18.8 Å². The van der Waals surface area contributed by atoms with Crippen LogP contribution in [-0.4, -0.2) is 24.8 Å². The number of esters is 1. The molecule has 2 aromatic rings. The quantitative estimate of drug-likeness (QED) is 0.807. The summed E-state index contributed by atoms with van der Waals surface area (Å²) < 4.78 is 16.1. The molecule has 1 heterocycles. The summed E-state index contributed by atoms with van der Waals surface area (Å²) in [7, 11) is 1.56. The zero-order valence-corrected chi connectivity index (χ0v) is 12.1. The van der Waals surface area contributed by atoms with Crippen molar-refractivity contribution in [2.45, 2.75) is 6.92 Å². The van der Waals surface area contributed by atoms with Crippen molar-refractivity contribution in [1.82, 2.24) is 5.16 Å². The fourth-order valence-electron chi connectivity index (χ4n) is 1.61. The molecule has 0 fully saturated rings. The van der Waals surface area contributed by atoms with Gasteiger partial charge >= 0.3 is 5.97 Å². The van der Waals surface area contributed by atoms with Crippen molar-refractivity contribution >= 4 is 21.9 Å². The van der Waals surface area contributed by atoms with E-state index >= 15 is 0 Å². The molecule has 0 amide bonds. The lowest BCUT2D eigenvalue weighted by Crippen LogP contribution is -2.04. The fourth-order valence-corrected chi connectivity index (χ4v) is 2.14. The number of rotatable bonds is 4. The Kier molecular flexibility index (Phi) is 4.21. The molecule has 0 atom stereocenters. The van der Waals surface area contributed by atoms with E-state index in [2.05, 4.69) is 21.1 Å². The predicted molar refractivity (Wildman–Crippen MR) is 72.1 cm³/mol. The second-order valence-corrected chi connectivity index (χ2v) is 4.47. The Bertz CT molecular complexity index is 594.